The molecule has 1 aromatic carbocycles. The zero-order valence-electron chi connectivity index (χ0n) is 13.9. The van der Waals surface area contributed by atoms with Gasteiger partial charge in [0, 0.05) is 18.2 Å². The molecule has 6 nitrogen and oxygen atoms in total. The second-order valence-electron chi connectivity index (χ2n) is 6.52. The molecule has 1 fully saturated rings. The highest BCUT2D eigenvalue weighted by Gasteiger charge is 2.51. The zero-order valence-corrected chi connectivity index (χ0v) is 14.7. The van der Waals surface area contributed by atoms with Gasteiger partial charge in [-0.15, -0.1) is 0 Å². The quantitative estimate of drug-likeness (QED) is 0.799. The number of benzene rings is 1. The molecule has 0 unspecified atom stereocenters. The molecule has 26 heavy (non-hydrogen) atoms. The van der Waals surface area contributed by atoms with Crippen molar-refractivity contribution in [1.29, 1.82) is 0 Å². The highest BCUT2D eigenvalue weighted by atomic mass is 32.2. The molecule has 0 aromatic heterocycles. The van der Waals surface area contributed by atoms with Crippen LogP contribution < -0.4 is 0 Å². The van der Waals surface area contributed by atoms with Gasteiger partial charge in [-0.25, -0.2) is 8.42 Å². The normalized spacial score (nSPS) is 23.5. The number of hydrogen-bond donors (Lipinski definition) is 0. The zero-order chi connectivity index (χ0) is 17.8. The van der Waals surface area contributed by atoms with Crippen LogP contribution in [0.2, 0.25) is 0 Å². The molecule has 4 aliphatic rings. The van der Waals surface area contributed by atoms with Gasteiger partial charge < -0.3 is 14.2 Å². The van der Waals surface area contributed by atoms with Gasteiger partial charge in [-0.05, 0) is 29.4 Å². The second kappa shape index (κ2) is 5.57. The molecule has 5 rings (SSSR count). The van der Waals surface area contributed by atoms with Crippen LogP contribution in [-0.2, 0) is 24.2 Å². The lowest BCUT2D eigenvalue weighted by atomic mass is 9.97. The van der Waals surface area contributed by atoms with Crippen molar-refractivity contribution < 1.29 is 22.6 Å². The first-order valence-electron chi connectivity index (χ1n) is 8.42. The predicted molar refractivity (Wildman–Crippen MR) is 93.0 cm³/mol. The van der Waals surface area contributed by atoms with Crippen LogP contribution in [0.3, 0.4) is 0 Å². The highest BCUT2D eigenvalue weighted by Crippen LogP contribution is 2.50. The largest absolute Gasteiger partial charge is 0.472 e. The van der Waals surface area contributed by atoms with Gasteiger partial charge in [-0.2, -0.15) is 0 Å². The van der Waals surface area contributed by atoms with E-state index in [2.05, 4.69) is 0 Å². The molecule has 0 saturated carbocycles. The first-order valence-corrected chi connectivity index (χ1v) is 9.86. The molecule has 1 saturated heterocycles. The number of allylic oxidation sites excluding steroid dienone is 2. The van der Waals surface area contributed by atoms with Gasteiger partial charge in [0.2, 0.25) is 5.79 Å². The molecular formula is C19H17NO5S. The summed E-state index contributed by atoms with van der Waals surface area (Å²) in [5.41, 5.74) is 3.56. The van der Waals surface area contributed by atoms with Crippen molar-refractivity contribution in [2.24, 2.45) is 0 Å². The topological polar surface area (TPSA) is 65.1 Å². The maximum absolute atomic E-state index is 13.1. The summed E-state index contributed by atoms with van der Waals surface area (Å²) in [4.78, 5) is 0.270. The Labute approximate surface area is 151 Å². The Morgan fingerprint density at radius 3 is 2.62 bits per heavy atom. The third-order valence-electron chi connectivity index (χ3n) is 5.01. The summed E-state index contributed by atoms with van der Waals surface area (Å²) >= 11 is 0. The molecule has 1 aromatic rings. The van der Waals surface area contributed by atoms with E-state index in [1.807, 2.05) is 0 Å². The molecule has 0 N–H and O–H groups in total. The molecular weight excluding hydrogens is 354 g/mol. The number of sulfonamides is 1. The van der Waals surface area contributed by atoms with E-state index in [-0.39, 0.29) is 11.4 Å². The lowest BCUT2D eigenvalue weighted by molar-refractivity contribution is -0.118. The van der Waals surface area contributed by atoms with Gasteiger partial charge in [-0.3, -0.25) is 4.31 Å². The fourth-order valence-electron chi connectivity index (χ4n) is 3.88. The Kier molecular flexibility index (Phi) is 3.40. The maximum Gasteiger partial charge on any atom is 0.264 e. The first kappa shape index (κ1) is 15.9. The Hall–Kier alpha value is -2.35. The van der Waals surface area contributed by atoms with Crippen molar-refractivity contribution in [3.8, 4) is 0 Å². The molecule has 1 aliphatic carbocycles. The van der Waals surface area contributed by atoms with E-state index in [0.29, 0.717) is 19.6 Å². The Bertz CT molecular complexity index is 982. The van der Waals surface area contributed by atoms with E-state index < -0.39 is 15.8 Å². The van der Waals surface area contributed by atoms with Crippen molar-refractivity contribution in [1.82, 2.24) is 4.31 Å². The van der Waals surface area contributed by atoms with E-state index in [1.54, 1.807) is 55.1 Å². The van der Waals surface area contributed by atoms with Crippen LogP contribution in [0.5, 0.6) is 0 Å². The van der Waals surface area contributed by atoms with Crippen molar-refractivity contribution in [3.05, 3.63) is 77.4 Å². The van der Waals surface area contributed by atoms with E-state index >= 15 is 0 Å². The molecule has 0 atom stereocenters. The average molecular weight is 371 g/mol. The van der Waals surface area contributed by atoms with Gasteiger partial charge in [0.15, 0.2) is 0 Å². The van der Waals surface area contributed by atoms with Crippen LogP contribution in [0.4, 0.5) is 0 Å². The van der Waals surface area contributed by atoms with Crippen LogP contribution in [0.15, 0.2) is 82.3 Å². The van der Waals surface area contributed by atoms with Gasteiger partial charge in [-0.1, -0.05) is 18.2 Å². The molecule has 1 spiro atoms. The predicted octanol–water partition coefficient (Wildman–Crippen LogP) is 2.45. The Morgan fingerprint density at radius 1 is 1.08 bits per heavy atom. The minimum Gasteiger partial charge on any atom is -0.472 e. The van der Waals surface area contributed by atoms with Crippen LogP contribution in [0.25, 0.3) is 0 Å². The lowest BCUT2D eigenvalue weighted by Gasteiger charge is -2.26. The first-order chi connectivity index (χ1) is 12.6. The average Bonchev–Trinajstić information content (AvgIpc) is 3.16. The standard InChI is InChI=1S/C19H17NO5S/c21-26(22,16-4-2-1-3-5-16)20-11-14-6-7-23-13-17-18(14)15(12-20)10-19(17)24-8-9-25-19/h1-7,11,13H,8-10,12H2. The number of hydrogen-bond acceptors (Lipinski definition) is 5. The molecule has 134 valence electrons. The van der Waals surface area contributed by atoms with Crippen LogP contribution in [0, 0.1) is 0 Å². The van der Waals surface area contributed by atoms with Gasteiger partial charge in [0.25, 0.3) is 10.0 Å². The monoisotopic (exact) mass is 371 g/mol. The molecule has 0 radical (unpaired) electrons. The van der Waals surface area contributed by atoms with Gasteiger partial charge in [0.1, 0.15) is 0 Å². The van der Waals surface area contributed by atoms with Crippen molar-refractivity contribution in [3.63, 3.8) is 0 Å². The lowest BCUT2D eigenvalue weighted by Crippen LogP contribution is -2.31. The van der Waals surface area contributed by atoms with E-state index in [4.69, 9.17) is 14.2 Å². The third-order valence-corrected chi connectivity index (χ3v) is 6.73. The maximum atomic E-state index is 13.1. The fourth-order valence-corrected chi connectivity index (χ4v) is 5.23. The number of rotatable bonds is 2. The van der Waals surface area contributed by atoms with Crippen LogP contribution in [0.1, 0.15) is 6.42 Å². The minimum atomic E-state index is -3.64. The van der Waals surface area contributed by atoms with Gasteiger partial charge >= 0.3 is 0 Å². The van der Waals surface area contributed by atoms with Crippen molar-refractivity contribution in [2.45, 2.75) is 17.1 Å². The summed E-state index contributed by atoms with van der Waals surface area (Å²) < 4.78 is 44.8. The molecule has 3 aliphatic heterocycles. The third kappa shape index (κ3) is 2.21. The van der Waals surface area contributed by atoms with Crippen molar-refractivity contribution >= 4 is 10.0 Å². The summed E-state index contributed by atoms with van der Waals surface area (Å²) in [6.07, 6.45) is 7.13. The molecule has 7 heteroatoms. The summed E-state index contributed by atoms with van der Waals surface area (Å²) in [6.45, 7) is 1.29. The van der Waals surface area contributed by atoms with E-state index in [1.165, 1.54) is 4.31 Å². The number of fused-ring (bicyclic) bond motifs is 1. The second-order valence-corrected chi connectivity index (χ2v) is 8.41. The molecule has 3 heterocycles. The molecule has 0 amide bonds. The van der Waals surface area contributed by atoms with E-state index in [0.717, 1.165) is 22.3 Å². The molecule has 0 bridgehead atoms. The summed E-state index contributed by atoms with van der Waals surface area (Å²) in [5.74, 6) is -0.859. The highest BCUT2D eigenvalue weighted by molar-refractivity contribution is 7.89. The number of nitrogens with zero attached hydrogens (tertiary/aromatic N) is 1. The smallest absolute Gasteiger partial charge is 0.264 e. The SMILES string of the molecule is O=S(=O)(c1ccccc1)N1C=C2C=COC=C3C2=C(C1)CC31OCCO1. The fraction of sp³-hybridized carbons (Fsp3) is 0.263. The van der Waals surface area contributed by atoms with Crippen LogP contribution >= 0.6 is 0 Å². The van der Waals surface area contributed by atoms with Crippen LogP contribution in [-0.4, -0.2) is 38.3 Å². The Morgan fingerprint density at radius 2 is 1.85 bits per heavy atom. The Balaban J connectivity index is 1.58. The van der Waals surface area contributed by atoms with E-state index in [9.17, 15) is 8.42 Å². The number of ether oxygens (including phenoxy) is 3. The van der Waals surface area contributed by atoms with Crippen molar-refractivity contribution in [2.75, 3.05) is 19.8 Å². The summed E-state index contributed by atoms with van der Waals surface area (Å²) in [6, 6.07) is 8.45. The summed E-state index contributed by atoms with van der Waals surface area (Å²) in [5, 5.41) is 0. The van der Waals surface area contributed by atoms with Gasteiger partial charge in [0.05, 0.1) is 42.8 Å². The minimum absolute atomic E-state index is 0.270. The summed E-state index contributed by atoms with van der Waals surface area (Å²) in [7, 11) is -3.64.